The molecule has 1 fully saturated rings. The van der Waals surface area contributed by atoms with E-state index in [9.17, 15) is 0 Å². The van der Waals surface area contributed by atoms with Gasteiger partial charge in [0.2, 0.25) is 0 Å². The highest BCUT2D eigenvalue weighted by Gasteiger charge is 2.24. The molecule has 0 radical (unpaired) electrons. The Morgan fingerprint density at radius 1 is 1.44 bits per heavy atom. The molecule has 16 heavy (non-hydrogen) atoms. The van der Waals surface area contributed by atoms with E-state index in [1.807, 2.05) is 13.0 Å². The van der Waals surface area contributed by atoms with Crippen molar-refractivity contribution >= 4 is 5.82 Å². The molecule has 5 nitrogen and oxygen atoms in total. The molecule has 0 aromatic carbocycles. The molecule has 0 bridgehead atoms. The monoisotopic (exact) mass is 221 g/mol. The van der Waals surface area contributed by atoms with Crippen LogP contribution in [0.15, 0.2) is 12.4 Å². The molecular formula is C11H19N5. The Bertz CT molecular complexity index is 354. The molecule has 1 aliphatic rings. The van der Waals surface area contributed by atoms with Crippen molar-refractivity contribution in [2.75, 3.05) is 38.1 Å². The molecule has 2 rings (SSSR count). The van der Waals surface area contributed by atoms with Crippen LogP contribution >= 0.6 is 0 Å². The first kappa shape index (κ1) is 11.3. The Morgan fingerprint density at radius 2 is 2.25 bits per heavy atom. The van der Waals surface area contributed by atoms with E-state index < -0.39 is 0 Å². The van der Waals surface area contributed by atoms with Crippen molar-refractivity contribution in [1.82, 2.24) is 14.9 Å². The lowest BCUT2D eigenvalue weighted by molar-refractivity contribution is 0.268. The molecule has 1 unspecified atom stereocenters. The second-order valence-corrected chi connectivity index (χ2v) is 4.36. The van der Waals surface area contributed by atoms with E-state index >= 15 is 0 Å². The van der Waals surface area contributed by atoms with Crippen LogP contribution in [0.5, 0.6) is 0 Å². The topological polar surface area (TPSA) is 58.3 Å². The number of piperazine rings is 1. The first-order chi connectivity index (χ1) is 7.70. The molecule has 1 saturated heterocycles. The highest BCUT2D eigenvalue weighted by atomic mass is 15.3. The van der Waals surface area contributed by atoms with Crippen molar-refractivity contribution in [3.05, 3.63) is 18.1 Å². The van der Waals surface area contributed by atoms with Gasteiger partial charge in [-0.2, -0.15) is 0 Å². The molecule has 1 aromatic rings. The summed E-state index contributed by atoms with van der Waals surface area (Å²) in [7, 11) is 2.13. The molecule has 0 saturated carbocycles. The molecule has 2 N–H and O–H groups in total. The van der Waals surface area contributed by atoms with E-state index in [0.717, 1.165) is 31.1 Å². The van der Waals surface area contributed by atoms with Gasteiger partial charge < -0.3 is 15.5 Å². The molecule has 0 aliphatic carbocycles. The summed E-state index contributed by atoms with van der Waals surface area (Å²) in [5.41, 5.74) is 6.82. The summed E-state index contributed by atoms with van der Waals surface area (Å²) in [5.74, 6) is 0.996. The third-order valence-electron chi connectivity index (χ3n) is 3.04. The third kappa shape index (κ3) is 2.31. The first-order valence-electron chi connectivity index (χ1n) is 5.64. The molecule has 0 spiro atoms. The number of rotatable bonds is 2. The van der Waals surface area contributed by atoms with Gasteiger partial charge in [0.05, 0.1) is 6.04 Å². The van der Waals surface area contributed by atoms with Gasteiger partial charge in [-0.25, -0.2) is 9.97 Å². The average molecular weight is 221 g/mol. The zero-order chi connectivity index (χ0) is 11.5. The fourth-order valence-corrected chi connectivity index (χ4v) is 2.11. The van der Waals surface area contributed by atoms with Gasteiger partial charge in [-0.1, -0.05) is 0 Å². The van der Waals surface area contributed by atoms with Gasteiger partial charge >= 0.3 is 0 Å². The molecule has 88 valence electrons. The molecule has 5 heteroatoms. The van der Waals surface area contributed by atoms with Crippen molar-refractivity contribution in [2.45, 2.75) is 13.0 Å². The number of hydrogen-bond donors (Lipinski definition) is 1. The normalized spacial score (nSPS) is 22.4. The van der Waals surface area contributed by atoms with Crippen LogP contribution in [0, 0.1) is 6.92 Å². The summed E-state index contributed by atoms with van der Waals surface area (Å²) in [4.78, 5) is 13.0. The quantitative estimate of drug-likeness (QED) is 0.753. The van der Waals surface area contributed by atoms with Crippen LogP contribution in [-0.2, 0) is 0 Å². The van der Waals surface area contributed by atoms with E-state index in [1.54, 1.807) is 6.33 Å². The maximum absolute atomic E-state index is 5.82. The Hall–Kier alpha value is -1.20. The summed E-state index contributed by atoms with van der Waals surface area (Å²) in [6.07, 6.45) is 1.62. The maximum atomic E-state index is 5.82. The van der Waals surface area contributed by atoms with Crippen molar-refractivity contribution < 1.29 is 0 Å². The smallest absolute Gasteiger partial charge is 0.132 e. The number of aryl methyl sites for hydroxylation is 1. The fraction of sp³-hybridized carbons (Fsp3) is 0.636. The van der Waals surface area contributed by atoms with Gasteiger partial charge in [0, 0.05) is 37.9 Å². The summed E-state index contributed by atoms with van der Waals surface area (Å²) >= 11 is 0. The predicted octanol–water partition coefficient (Wildman–Crippen LogP) is -0.136. The van der Waals surface area contributed by atoms with Crippen LogP contribution in [0.3, 0.4) is 0 Å². The van der Waals surface area contributed by atoms with E-state index in [1.165, 1.54) is 0 Å². The Morgan fingerprint density at radius 3 is 2.94 bits per heavy atom. The van der Waals surface area contributed by atoms with E-state index in [0.29, 0.717) is 12.6 Å². The van der Waals surface area contributed by atoms with Crippen LogP contribution in [0.2, 0.25) is 0 Å². The second kappa shape index (κ2) is 4.76. The van der Waals surface area contributed by atoms with Crippen LogP contribution in [-0.4, -0.2) is 54.1 Å². The summed E-state index contributed by atoms with van der Waals surface area (Å²) in [5, 5.41) is 0. The van der Waals surface area contributed by atoms with Gasteiger partial charge in [-0.05, 0) is 14.0 Å². The van der Waals surface area contributed by atoms with E-state index in [4.69, 9.17) is 5.73 Å². The van der Waals surface area contributed by atoms with Crippen LogP contribution in [0.4, 0.5) is 5.82 Å². The Balaban J connectivity index is 2.19. The van der Waals surface area contributed by atoms with Gasteiger partial charge in [0.15, 0.2) is 0 Å². The van der Waals surface area contributed by atoms with Gasteiger partial charge in [-0.15, -0.1) is 0 Å². The molecule has 2 heterocycles. The van der Waals surface area contributed by atoms with Gasteiger partial charge in [0.25, 0.3) is 0 Å². The number of anilines is 1. The lowest BCUT2D eigenvalue weighted by Gasteiger charge is -2.40. The third-order valence-corrected chi connectivity index (χ3v) is 3.04. The highest BCUT2D eigenvalue weighted by molar-refractivity contribution is 5.41. The lowest BCUT2D eigenvalue weighted by Crippen LogP contribution is -2.55. The van der Waals surface area contributed by atoms with Crippen LogP contribution in [0.25, 0.3) is 0 Å². The number of nitrogens with zero attached hydrogens (tertiary/aromatic N) is 4. The van der Waals surface area contributed by atoms with Crippen molar-refractivity contribution in [3.8, 4) is 0 Å². The minimum absolute atomic E-state index is 0.355. The van der Waals surface area contributed by atoms with Crippen LogP contribution in [0.1, 0.15) is 5.69 Å². The SMILES string of the molecule is Cc1cc(N2CCN(C)CC2CN)ncn1. The van der Waals surface area contributed by atoms with E-state index in [-0.39, 0.29) is 0 Å². The first-order valence-corrected chi connectivity index (χ1v) is 5.64. The molecular weight excluding hydrogens is 202 g/mol. The van der Waals surface area contributed by atoms with E-state index in [2.05, 4.69) is 26.8 Å². The van der Waals surface area contributed by atoms with Crippen molar-refractivity contribution in [3.63, 3.8) is 0 Å². The van der Waals surface area contributed by atoms with Gasteiger partial charge in [0.1, 0.15) is 12.1 Å². The van der Waals surface area contributed by atoms with Crippen molar-refractivity contribution in [2.24, 2.45) is 5.73 Å². The Labute approximate surface area is 96.3 Å². The summed E-state index contributed by atoms with van der Waals surface area (Å²) in [6, 6.07) is 2.38. The largest absolute Gasteiger partial charge is 0.350 e. The Kier molecular flexibility index (Phi) is 3.36. The zero-order valence-electron chi connectivity index (χ0n) is 9.93. The standard InChI is InChI=1S/C11H19N5/c1-9-5-11(14-8-13-9)16-4-3-15(2)7-10(16)6-12/h5,8,10H,3-4,6-7,12H2,1-2H3. The minimum Gasteiger partial charge on any atom is -0.350 e. The summed E-state index contributed by atoms with van der Waals surface area (Å²) < 4.78 is 0. The second-order valence-electron chi connectivity index (χ2n) is 4.36. The van der Waals surface area contributed by atoms with Crippen molar-refractivity contribution in [1.29, 1.82) is 0 Å². The summed E-state index contributed by atoms with van der Waals surface area (Å²) in [6.45, 7) is 5.68. The molecule has 0 amide bonds. The molecule has 1 atom stereocenters. The highest BCUT2D eigenvalue weighted by Crippen LogP contribution is 2.17. The average Bonchev–Trinajstić information content (AvgIpc) is 2.28. The lowest BCUT2D eigenvalue weighted by atomic mass is 10.1. The molecule has 1 aromatic heterocycles. The maximum Gasteiger partial charge on any atom is 0.132 e. The zero-order valence-corrected chi connectivity index (χ0v) is 9.93. The fourth-order valence-electron chi connectivity index (χ4n) is 2.11. The number of nitrogens with two attached hydrogens (primary N) is 1. The van der Waals surface area contributed by atoms with Gasteiger partial charge in [-0.3, -0.25) is 0 Å². The predicted molar refractivity (Wildman–Crippen MR) is 64.5 cm³/mol. The number of aromatic nitrogens is 2. The number of likely N-dealkylation sites (N-methyl/N-ethyl adjacent to an activating group) is 1. The van der Waals surface area contributed by atoms with Crippen LogP contribution < -0.4 is 10.6 Å². The molecule has 1 aliphatic heterocycles. The minimum atomic E-state index is 0.355. The number of hydrogen-bond acceptors (Lipinski definition) is 5.